The van der Waals surface area contributed by atoms with E-state index >= 15 is 0 Å². The lowest BCUT2D eigenvalue weighted by Gasteiger charge is -2.01. The van der Waals surface area contributed by atoms with Gasteiger partial charge in [0.1, 0.15) is 0 Å². The number of nitrogens with one attached hydrogen (secondary N) is 1. The SMILES string of the molecule is Nc1ccccc1Sc1nc2ccccc2[nH]1.[Cl-]. The first-order valence-corrected chi connectivity index (χ1v) is 6.12. The topological polar surface area (TPSA) is 54.7 Å². The Morgan fingerprint density at radius 1 is 1.00 bits per heavy atom. The zero-order valence-corrected chi connectivity index (χ0v) is 11.0. The van der Waals surface area contributed by atoms with Crippen LogP contribution in [0.1, 0.15) is 0 Å². The van der Waals surface area contributed by atoms with E-state index in [9.17, 15) is 0 Å². The third-order valence-corrected chi connectivity index (χ3v) is 3.47. The summed E-state index contributed by atoms with van der Waals surface area (Å²) in [5.41, 5.74) is 8.70. The molecule has 0 unspecified atom stereocenters. The Labute approximate surface area is 115 Å². The number of hydrogen-bond acceptors (Lipinski definition) is 3. The number of para-hydroxylation sites is 3. The van der Waals surface area contributed by atoms with Gasteiger partial charge in [0.05, 0.1) is 11.0 Å². The molecule has 0 spiro atoms. The molecule has 0 aliphatic carbocycles. The molecular weight excluding hydrogens is 266 g/mol. The summed E-state index contributed by atoms with van der Waals surface area (Å²) in [5.74, 6) is 0. The van der Waals surface area contributed by atoms with Crippen molar-refractivity contribution >= 4 is 28.5 Å². The smallest absolute Gasteiger partial charge is 0.171 e. The van der Waals surface area contributed by atoms with Gasteiger partial charge in [0.2, 0.25) is 0 Å². The number of rotatable bonds is 2. The number of fused-ring (bicyclic) bond motifs is 1. The Morgan fingerprint density at radius 2 is 1.72 bits per heavy atom. The Hall–Kier alpha value is -1.65. The number of hydrogen-bond donors (Lipinski definition) is 2. The predicted molar refractivity (Wildman–Crippen MR) is 71.1 cm³/mol. The fourth-order valence-electron chi connectivity index (χ4n) is 1.66. The van der Waals surface area contributed by atoms with Crippen LogP contribution in [0.25, 0.3) is 11.0 Å². The Morgan fingerprint density at radius 3 is 2.50 bits per heavy atom. The van der Waals surface area contributed by atoms with Crippen LogP contribution in [0.4, 0.5) is 5.69 Å². The maximum absolute atomic E-state index is 5.90. The molecule has 0 saturated carbocycles. The quantitative estimate of drug-likeness (QED) is 0.662. The van der Waals surface area contributed by atoms with Gasteiger partial charge in [-0.3, -0.25) is 0 Å². The van der Waals surface area contributed by atoms with Crippen LogP contribution >= 0.6 is 11.8 Å². The maximum Gasteiger partial charge on any atom is 0.171 e. The summed E-state index contributed by atoms with van der Waals surface area (Å²) < 4.78 is 0. The van der Waals surface area contributed by atoms with Crippen LogP contribution in [0.15, 0.2) is 58.6 Å². The number of nitrogens with zero attached hydrogens (tertiary/aromatic N) is 1. The minimum absolute atomic E-state index is 0. The molecule has 0 aliphatic rings. The summed E-state index contributed by atoms with van der Waals surface area (Å²) in [4.78, 5) is 8.79. The second-order valence-electron chi connectivity index (χ2n) is 3.70. The van der Waals surface area contributed by atoms with Crippen molar-refractivity contribution in [2.45, 2.75) is 10.1 Å². The molecule has 3 N–H and O–H groups in total. The molecule has 0 bridgehead atoms. The number of benzene rings is 2. The molecule has 0 atom stereocenters. The number of halogens is 1. The van der Waals surface area contributed by atoms with Crippen molar-refractivity contribution in [3.8, 4) is 0 Å². The minimum atomic E-state index is 0. The monoisotopic (exact) mass is 276 g/mol. The Balaban J connectivity index is 0.00000120. The van der Waals surface area contributed by atoms with Gasteiger partial charge < -0.3 is 23.1 Å². The van der Waals surface area contributed by atoms with E-state index in [1.807, 2.05) is 48.5 Å². The summed E-state index contributed by atoms with van der Waals surface area (Å²) in [6.07, 6.45) is 0. The normalized spacial score (nSPS) is 10.2. The first-order valence-electron chi connectivity index (χ1n) is 5.30. The molecule has 3 rings (SSSR count). The molecule has 0 aliphatic heterocycles. The van der Waals surface area contributed by atoms with E-state index in [0.29, 0.717) is 0 Å². The van der Waals surface area contributed by atoms with Gasteiger partial charge in [-0.1, -0.05) is 24.3 Å². The Bertz CT molecular complexity index is 633. The molecule has 3 nitrogen and oxygen atoms in total. The molecule has 18 heavy (non-hydrogen) atoms. The maximum atomic E-state index is 5.90. The zero-order chi connectivity index (χ0) is 11.7. The second-order valence-corrected chi connectivity index (χ2v) is 4.73. The van der Waals surface area contributed by atoms with Crippen molar-refractivity contribution in [2.75, 3.05) is 5.73 Å². The molecule has 0 saturated heterocycles. The van der Waals surface area contributed by atoms with Crippen LogP contribution < -0.4 is 18.1 Å². The number of imidazole rings is 1. The summed E-state index contributed by atoms with van der Waals surface area (Å²) in [6, 6.07) is 15.8. The van der Waals surface area contributed by atoms with Gasteiger partial charge in [-0.05, 0) is 36.0 Å². The lowest BCUT2D eigenvalue weighted by atomic mass is 10.3. The van der Waals surface area contributed by atoms with Crippen molar-refractivity contribution in [3.63, 3.8) is 0 Å². The van der Waals surface area contributed by atoms with Crippen molar-refractivity contribution < 1.29 is 12.4 Å². The van der Waals surface area contributed by atoms with Gasteiger partial charge in [0.15, 0.2) is 5.16 Å². The average Bonchev–Trinajstić information content (AvgIpc) is 2.74. The number of aromatic nitrogens is 2. The molecule has 2 aromatic carbocycles. The highest BCUT2D eigenvalue weighted by Gasteiger charge is 2.05. The summed E-state index contributed by atoms with van der Waals surface area (Å²) >= 11 is 1.55. The van der Waals surface area contributed by atoms with Gasteiger partial charge in [-0.15, -0.1) is 0 Å². The molecule has 1 aromatic heterocycles. The molecule has 0 radical (unpaired) electrons. The van der Waals surface area contributed by atoms with Gasteiger partial charge >= 0.3 is 0 Å². The van der Waals surface area contributed by atoms with Gasteiger partial charge in [0, 0.05) is 10.6 Å². The lowest BCUT2D eigenvalue weighted by Crippen LogP contribution is -3.00. The molecular formula is C13H11ClN3S-. The highest BCUT2D eigenvalue weighted by molar-refractivity contribution is 7.99. The number of nitrogens with two attached hydrogens (primary N) is 1. The molecule has 0 amide bonds. The van der Waals surface area contributed by atoms with Crippen LogP contribution in [0, 0.1) is 0 Å². The van der Waals surface area contributed by atoms with Crippen molar-refractivity contribution in [1.82, 2.24) is 9.97 Å². The van der Waals surface area contributed by atoms with E-state index in [4.69, 9.17) is 5.73 Å². The van der Waals surface area contributed by atoms with Crippen molar-refractivity contribution in [2.24, 2.45) is 0 Å². The third kappa shape index (κ3) is 2.44. The first-order chi connectivity index (χ1) is 8.33. The van der Waals surface area contributed by atoms with Gasteiger partial charge in [-0.2, -0.15) is 0 Å². The molecule has 92 valence electrons. The fourth-order valence-corrected chi connectivity index (χ4v) is 2.50. The van der Waals surface area contributed by atoms with Crippen LogP contribution in [-0.2, 0) is 0 Å². The van der Waals surface area contributed by atoms with E-state index in [0.717, 1.165) is 26.8 Å². The molecule has 0 fully saturated rings. The summed E-state index contributed by atoms with van der Waals surface area (Å²) in [5, 5.41) is 0.865. The second kappa shape index (κ2) is 5.33. The summed E-state index contributed by atoms with van der Waals surface area (Å²) in [6.45, 7) is 0. The van der Waals surface area contributed by atoms with Crippen molar-refractivity contribution in [3.05, 3.63) is 48.5 Å². The number of anilines is 1. The van der Waals surface area contributed by atoms with E-state index in [1.165, 1.54) is 0 Å². The van der Waals surface area contributed by atoms with Crippen LogP contribution in [0.2, 0.25) is 0 Å². The molecule has 5 heteroatoms. The summed E-state index contributed by atoms with van der Waals surface area (Å²) in [7, 11) is 0. The average molecular weight is 277 g/mol. The number of H-pyrrole nitrogens is 1. The standard InChI is InChI=1S/C13H11N3S.ClH/c14-9-5-1-4-8-12(9)17-13-15-10-6-2-3-7-11(10)16-13;/h1-8H,14H2,(H,15,16);1H/p-1. The highest BCUT2D eigenvalue weighted by Crippen LogP contribution is 2.30. The van der Waals surface area contributed by atoms with E-state index in [1.54, 1.807) is 11.8 Å². The van der Waals surface area contributed by atoms with E-state index in [-0.39, 0.29) is 12.4 Å². The minimum Gasteiger partial charge on any atom is -1.00 e. The van der Waals surface area contributed by atoms with Crippen LogP contribution in [0.5, 0.6) is 0 Å². The Kier molecular flexibility index (Phi) is 3.79. The molecule has 1 heterocycles. The number of nitrogen functional groups attached to an aromatic ring is 1. The highest BCUT2D eigenvalue weighted by atomic mass is 35.5. The van der Waals surface area contributed by atoms with Crippen molar-refractivity contribution in [1.29, 1.82) is 0 Å². The number of aromatic amines is 1. The van der Waals surface area contributed by atoms with Crippen LogP contribution in [0.3, 0.4) is 0 Å². The van der Waals surface area contributed by atoms with Crippen LogP contribution in [-0.4, -0.2) is 9.97 Å². The van der Waals surface area contributed by atoms with Gasteiger partial charge in [-0.25, -0.2) is 4.98 Å². The third-order valence-electron chi connectivity index (χ3n) is 2.49. The predicted octanol–water partition coefficient (Wildman–Crippen LogP) is 0.300. The van der Waals surface area contributed by atoms with Gasteiger partial charge in [0.25, 0.3) is 0 Å². The zero-order valence-electron chi connectivity index (χ0n) is 9.43. The first kappa shape index (κ1) is 12.8. The van der Waals surface area contributed by atoms with E-state index in [2.05, 4.69) is 9.97 Å². The van der Waals surface area contributed by atoms with E-state index < -0.39 is 0 Å². The fraction of sp³-hybridized carbons (Fsp3) is 0. The lowest BCUT2D eigenvalue weighted by molar-refractivity contribution is -0.00000346. The molecule has 3 aromatic rings. The largest absolute Gasteiger partial charge is 1.00 e.